The van der Waals surface area contributed by atoms with E-state index >= 15 is 0 Å². The first-order valence-corrected chi connectivity index (χ1v) is 5.68. The number of nitrogens with zero attached hydrogens (tertiary/aromatic N) is 1. The summed E-state index contributed by atoms with van der Waals surface area (Å²) in [6.07, 6.45) is 2.94. The topological polar surface area (TPSA) is 15.3 Å². The van der Waals surface area contributed by atoms with E-state index < -0.39 is 0 Å². The standard InChI is InChI=1S/C11H20N2/c1-11(2-3-11)8-13-6-9-4-12-5-10(9)7-13/h9-10,12H,2-8H2,1H3. The summed E-state index contributed by atoms with van der Waals surface area (Å²) in [7, 11) is 0. The molecule has 3 fully saturated rings. The molecular formula is C11H20N2. The van der Waals surface area contributed by atoms with Crippen molar-refractivity contribution >= 4 is 0 Å². The second kappa shape index (κ2) is 2.71. The average molecular weight is 180 g/mol. The fourth-order valence-electron chi connectivity index (χ4n) is 2.99. The lowest BCUT2D eigenvalue weighted by Crippen LogP contribution is -2.30. The van der Waals surface area contributed by atoms with E-state index in [4.69, 9.17) is 0 Å². The van der Waals surface area contributed by atoms with Crippen LogP contribution < -0.4 is 5.32 Å². The zero-order chi connectivity index (χ0) is 8.89. The third-order valence-corrected chi connectivity index (χ3v) is 4.17. The lowest BCUT2D eigenvalue weighted by atomic mass is 10.0. The first-order valence-electron chi connectivity index (χ1n) is 5.68. The Hall–Kier alpha value is -0.0800. The maximum Gasteiger partial charge on any atom is 0.00356 e. The Morgan fingerprint density at radius 2 is 1.85 bits per heavy atom. The van der Waals surface area contributed by atoms with Gasteiger partial charge in [0.1, 0.15) is 0 Å². The Morgan fingerprint density at radius 1 is 1.23 bits per heavy atom. The van der Waals surface area contributed by atoms with Crippen LogP contribution in [0.15, 0.2) is 0 Å². The molecule has 2 atom stereocenters. The largest absolute Gasteiger partial charge is 0.316 e. The number of hydrogen-bond donors (Lipinski definition) is 1. The van der Waals surface area contributed by atoms with Crippen LogP contribution in [0.3, 0.4) is 0 Å². The van der Waals surface area contributed by atoms with Gasteiger partial charge in [-0.1, -0.05) is 6.92 Å². The van der Waals surface area contributed by atoms with Crippen molar-refractivity contribution in [2.45, 2.75) is 19.8 Å². The van der Waals surface area contributed by atoms with Crippen LogP contribution >= 0.6 is 0 Å². The molecule has 0 radical (unpaired) electrons. The SMILES string of the molecule is CC1(CN2CC3CNCC3C2)CC1. The van der Waals surface area contributed by atoms with Crippen molar-refractivity contribution in [3.8, 4) is 0 Å². The van der Waals surface area contributed by atoms with E-state index in [2.05, 4.69) is 17.1 Å². The van der Waals surface area contributed by atoms with Gasteiger partial charge in [0.25, 0.3) is 0 Å². The molecule has 2 saturated heterocycles. The Balaban J connectivity index is 1.57. The summed E-state index contributed by atoms with van der Waals surface area (Å²) in [6.45, 7) is 9.11. The molecule has 3 aliphatic rings. The highest BCUT2D eigenvalue weighted by Crippen LogP contribution is 2.46. The van der Waals surface area contributed by atoms with Crippen molar-refractivity contribution in [2.75, 3.05) is 32.7 Å². The molecule has 3 rings (SSSR count). The molecule has 13 heavy (non-hydrogen) atoms. The van der Waals surface area contributed by atoms with Gasteiger partial charge in [-0.05, 0) is 43.2 Å². The second-order valence-corrected chi connectivity index (χ2v) is 5.68. The fraction of sp³-hybridized carbons (Fsp3) is 1.00. The summed E-state index contributed by atoms with van der Waals surface area (Å²) in [5.74, 6) is 1.95. The van der Waals surface area contributed by atoms with Crippen LogP contribution in [0.5, 0.6) is 0 Å². The van der Waals surface area contributed by atoms with E-state index in [9.17, 15) is 0 Å². The highest BCUT2D eigenvalue weighted by Gasteiger charge is 2.43. The van der Waals surface area contributed by atoms with Gasteiger partial charge in [0.05, 0.1) is 0 Å². The van der Waals surface area contributed by atoms with E-state index in [1.165, 1.54) is 45.6 Å². The van der Waals surface area contributed by atoms with Gasteiger partial charge in [-0.2, -0.15) is 0 Å². The Kier molecular flexibility index (Phi) is 1.72. The lowest BCUT2D eigenvalue weighted by molar-refractivity contribution is 0.259. The zero-order valence-electron chi connectivity index (χ0n) is 8.55. The second-order valence-electron chi connectivity index (χ2n) is 5.68. The average Bonchev–Trinajstić information content (AvgIpc) is 2.51. The molecule has 0 aromatic rings. The molecule has 2 heteroatoms. The number of likely N-dealkylation sites (tertiary alicyclic amines) is 1. The van der Waals surface area contributed by atoms with Gasteiger partial charge < -0.3 is 10.2 Å². The van der Waals surface area contributed by atoms with E-state index in [1.807, 2.05) is 0 Å². The number of hydrogen-bond acceptors (Lipinski definition) is 2. The normalized spacial score (nSPS) is 42.2. The van der Waals surface area contributed by atoms with E-state index in [0.29, 0.717) is 5.41 Å². The zero-order valence-corrected chi connectivity index (χ0v) is 8.55. The van der Waals surface area contributed by atoms with Gasteiger partial charge in [0.15, 0.2) is 0 Å². The van der Waals surface area contributed by atoms with Crippen LogP contribution in [0.2, 0.25) is 0 Å². The summed E-state index contributed by atoms with van der Waals surface area (Å²) in [6, 6.07) is 0. The lowest BCUT2D eigenvalue weighted by Gasteiger charge is -2.20. The smallest absolute Gasteiger partial charge is 0.00356 e. The van der Waals surface area contributed by atoms with E-state index in [1.54, 1.807) is 0 Å². The summed E-state index contributed by atoms with van der Waals surface area (Å²) in [4.78, 5) is 2.71. The molecule has 1 saturated carbocycles. The van der Waals surface area contributed by atoms with Crippen LogP contribution in [-0.4, -0.2) is 37.6 Å². The summed E-state index contributed by atoms with van der Waals surface area (Å²) >= 11 is 0. The van der Waals surface area contributed by atoms with Crippen molar-refractivity contribution in [1.82, 2.24) is 10.2 Å². The van der Waals surface area contributed by atoms with Crippen molar-refractivity contribution in [1.29, 1.82) is 0 Å². The summed E-state index contributed by atoms with van der Waals surface area (Å²) < 4.78 is 0. The molecule has 1 N–H and O–H groups in total. The van der Waals surface area contributed by atoms with Gasteiger partial charge in [-0.15, -0.1) is 0 Å². The maximum absolute atomic E-state index is 3.50. The van der Waals surface area contributed by atoms with Crippen LogP contribution in [0.1, 0.15) is 19.8 Å². The van der Waals surface area contributed by atoms with E-state index in [-0.39, 0.29) is 0 Å². The van der Waals surface area contributed by atoms with Gasteiger partial charge >= 0.3 is 0 Å². The highest BCUT2D eigenvalue weighted by atomic mass is 15.2. The van der Waals surface area contributed by atoms with Crippen molar-refractivity contribution in [3.05, 3.63) is 0 Å². The fourth-order valence-corrected chi connectivity index (χ4v) is 2.99. The van der Waals surface area contributed by atoms with Gasteiger partial charge in [0.2, 0.25) is 0 Å². The minimum Gasteiger partial charge on any atom is -0.316 e. The Morgan fingerprint density at radius 3 is 2.38 bits per heavy atom. The summed E-state index contributed by atoms with van der Waals surface area (Å²) in [5.41, 5.74) is 0.714. The minimum atomic E-state index is 0.714. The monoisotopic (exact) mass is 180 g/mol. The third-order valence-electron chi connectivity index (χ3n) is 4.17. The molecule has 2 unspecified atom stereocenters. The third kappa shape index (κ3) is 1.50. The van der Waals surface area contributed by atoms with Gasteiger partial charge in [-0.25, -0.2) is 0 Å². The molecule has 0 aromatic heterocycles. The molecule has 2 nitrogen and oxygen atoms in total. The van der Waals surface area contributed by atoms with Crippen molar-refractivity contribution in [3.63, 3.8) is 0 Å². The predicted octanol–water partition coefficient (Wildman–Crippen LogP) is 0.938. The Bertz CT molecular complexity index is 198. The van der Waals surface area contributed by atoms with Crippen LogP contribution in [0, 0.1) is 17.3 Å². The number of nitrogens with one attached hydrogen (secondary N) is 1. The van der Waals surface area contributed by atoms with E-state index in [0.717, 1.165) is 11.8 Å². The van der Waals surface area contributed by atoms with Gasteiger partial charge in [0, 0.05) is 19.6 Å². The molecule has 0 aromatic carbocycles. The van der Waals surface area contributed by atoms with Crippen LogP contribution in [0.4, 0.5) is 0 Å². The number of rotatable bonds is 2. The quantitative estimate of drug-likeness (QED) is 0.680. The first-order chi connectivity index (χ1) is 6.25. The molecule has 0 bridgehead atoms. The minimum absolute atomic E-state index is 0.714. The Labute approximate surface area is 80.7 Å². The predicted molar refractivity (Wildman–Crippen MR) is 53.6 cm³/mol. The molecule has 1 aliphatic carbocycles. The summed E-state index contributed by atoms with van der Waals surface area (Å²) in [5, 5.41) is 3.50. The maximum atomic E-state index is 3.50. The molecule has 0 amide bonds. The van der Waals surface area contributed by atoms with Crippen LogP contribution in [-0.2, 0) is 0 Å². The van der Waals surface area contributed by atoms with Crippen LogP contribution in [0.25, 0.3) is 0 Å². The first kappa shape index (κ1) is 8.25. The molecule has 74 valence electrons. The van der Waals surface area contributed by atoms with Crippen molar-refractivity contribution in [2.24, 2.45) is 17.3 Å². The molecule has 2 aliphatic heterocycles. The van der Waals surface area contributed by atoms with Gasteiger partial charge in [-0.3, -0.25) is 0 Å². The highest BCUT2D eigenvalue weighted by molar-refractivity contribution is 4.97. The molecule has 0 spiro atoms. The molecular weight excluding hydrogens is 160 g/mol. The van der Waals surface area contributed by atoms with Crippen molar-refractivity contribution < 1.29 is 0 Å². The number of fused-ring (bicyclic) bond motifs is 1. The molecule has 2 heterocycles.